The Morgan fingerprint density at radius 3 is 2.07 bits per heavy atom. The molecule has 1 N–H and O–H groups in total. The van der Waals surface area contributed by atoms with Crippen LogP contribution in [0.1, 0.15) is 60.3 Å². The van der Waals surface area contributed by atoms with E-state index in [0.717, 1.165) is 17.9 Å². The zero-order chi connectivity index (χ0) is 11.0. The summed E-state index contributed by atoms with van der Waals surface area (Å²) in [5, 5.41) is 3.67. The van der Waals surface area contributed by atoms with E-state index in [1.54, 1.807) is 0 Å². The fourth-order valence-electron chi connectivity index (χ4n) is 1.83. The van der Waals surface area contributed by atoms with Crippen LogP contribution in [0, 0.1) is 11.8 Å². The summed E-state index contributed by atoms with van der Waals surface area (Å²) in [6, 6.07) is 0.741. The molecule has 0 aromatic rings. The monoisotopic (exact) mass is 199 g/mol. The van der Waals surface area contributed by atoms with Gasteiger partial charge in [-0.2, -0.15) is 0 Å². The Balaban J connectivity index is 3.83. The quantitative estimate of drug-likeness (QED) is 0.626. The topological polar surface area (TPSA) is 12.0 Å². The molecule has 0 bridgehead atoms. The van der Waals surface area contributed by atoms with Gasteiger partial charge in [-0.15, -0.1) is 0 Å². The fourth-order valence-corrected chi connectivity index (χ4v) is 1.83. The second-order valence-corrected chi connectivity index (χ2v) is 5.03. The Morgan fingerprint density at radius 2 is 1.64 bits per heavy atom. The van der Waals surface area contributed by atoms with Gasteiger partial charge in [0.15, 0.2) is 0 Å². The Hall–Kier alpha value is -0.0400. The van der Waals surface area contributed by atoms with Crippen LogP contribution < -0.4 is 5.32 Å². The van der Waals surface area contributed by atoms with Gasteiger partial charge in [0.1, 0.15) is 0 Å². The predicted molar refractivity (Wildman–Crippen MR) is 65.6 cm³/mol. The molecule has 0 aliphatic heterocycles. The van der Waals surface area contributed by atoms with Gasteiger partial charge in [-0.3, -0.25) is 0 Å². The van der Waals surface area contributed by atoms with Gasteiger partial charge in [0.05, 0.1) is 0 Å². The third-order valence-electron chi connectivity index (χ3n) is 2.82. The third-order valence-corrected chi connectivity index (χ3v) is 2.82. The first kappa shape index (κ1) is 14.0. The molecule has 0 radical (unpaired) electrons. The molecule has 14 heavy (non-hydrogen) atoms. The molecule has 0 fully saturated rings. The Kier molecular flexibility index (Phi) is 8.26. The second-order valence-electron chi connectivity index (χ2n) is 5.03. The zero-order valence-electron chi connectivity index (χ0n) is 10.8. The SMILES string of the molecule is CCCNC(CC(C)C)CC(C)CC. The summed E-state index contributed by atoms with van der Waals surface area (Å²) in [7, 11) is 0. The Morgan fingerprint density at radius 1 is 1.00 bits per heavy atom. The van der Waals surface area contributed by atoms with Crippen molar-refractivity contribution in [3.05, 3.63) is 0 Å². The van der Waals surface area contributed by atoms with Crippen LogP contribution in [0.3, 0.4) is 0 Å². The van der Waals surface area contributed by atoms with Gasteiger partial charge in [0, 0.05) is 6.04 Å². The lowest BCUT2D eigenvalue weighted by atomic mass is 9.93. The highest BCUT2D eigenvalue weighted by Gasteiger charge is 2.12. The summed E-state index contributed by atoms with van der Waals surface area (Å²) in [6.45, 7) is 12.7. The number of hydrogen-bond donors (Lipinski definition) is 1. The van der Waals surface area contributed by atoms with Crippen LogP contribution in [0.15, 0.2) is 0 Å². The minimum Gasteiger partial charge on any atom is -0.314 e. The van der Waals surface area contributed by atoms with Crippen molar-refractivity contribution in [1.29, 1.82) is 0 Å². The molecular formula is C13H29N. The largest absolute Gasteiger partial charge is 0.314 e. The standard InChI is InChI=1S/C13H29N/c1-6-8-14-13(9-11(3)4)10-12(5)7-2/h11-14H,6-10H2,1-5H3. The normalized spacial score (nSPS) is 15.9. The molecule has 2 unspecified atom stereocenters. The van der Waals surface area contributed by atoms with Gasteiger partial charge in [0.2, 0.25) is 0 Å². The number of hydrogen-bond acceptors (Lipinski definition) is 1. The first-order chi connectivity index (χ1) is 6.60. The van der Waals surface area contributed by atoms with Crippen molar-refractivity contribution in [2.75, 3.05) is 6.54 Å². The maximum absolute atomic E-state index is 3.67. The molecule has 2 atom stereocenters. The van der Waals surface area contributed by atoms with Gasteiger partial charge >= 0.3 is 0 Å². The number of nitrogens with one attached hydrogen (secondary N) is 1. The van der Waals surface area contributed by atoms with E-state index < -0.39 is 0 Å². The molecule has 0 amide bonds. The molecule has 0 heterocycles. The smallest absolute Gasteiger partial charge is 0.00720 e. The van der Waals surface area contributed by atoms with E-state index in [4.69, 9.17) is 0 Å². The molecule has 1 heteroatoms. The van der Waals surface area contributed by atoms with Gasteiger partial charge in [-0.1, -0.05) is 41.0 Å². The first-order valence-electron chi connectivity index (χ1n) is 6.33. The average Bonchev–Trinajstić information content (AvgIpc) is 2.13. The minimum atomic E-state index is 0.741. The van der Waals surface area contributed by atoms with Crippen LogP contribution >= 0.6 is 0 Å². The van der Waals surface area contributed by atoms with Gasteiger partial charge in [-0.05, 0) is 37.6 Å². The van der Waals surface area contributed by atoms with E-state index in [9.17, 15) is 0 Å². The molecule has 0 saturated carbocycles. The molecule has 1 nitrogen and oxygen atoms in total. The van der Waals surface area contributed by atoms with E-state index in [2.05, 4.69) is 39.9 Å². The van der Waals surface area contributed by atoms with Crippen LogP contribution in [-0.4, -0.2) is 12.6 Å². The molecule has 0 aliphatic carbocycles. The van der Waals surface area contributed by atoms with Crippen molar-refractivity contribution in [3.8, 4) is 0 Å². The van der Waals surface area contributed by atoms with Crippen LogP contribution in [0.5, 0.6) is 0 Å². The Bertz CT molecular complexity index is 120. The molecule has 0 spiro atoms. The van der Waals surface area contributed by atoms with E-state index in [1.165, 1.54) is 32.2 Å². The summed E-state index contributed by atoms with van der Waals surface area (Å²) in [6.07, 6.45) is 5.22. The average molecular weight is 199 g/mol. The lowest BCUT2D eigenvalue weighted by Crippen LogP contribution is -2.32. The summed E-state index contributed by atoms with van der Waals surface area (Å²) >= 11 is 0. The van der Waals surface area contributed by atoms with Crippen molar-refractivity contribution in [2.24, 2.45) is 11.8 Å². The van der Waals surface area contributed by atoms with Crippen molar-refractivity contribution >= 4 is 0 Å². The maximum Gasteiger partial charge on any atom is 0.00720 e. The zero-order valence-corrected chi connectivity index (χ0v) is 10.8. The summed E-state index contributed by atoms with van der Waals surface area (Å²) in [5.41, 5.74) is 0. The first-order valence-corrected chi connectivity index (χ1v) is 6.33. The third kappa shape index (κ3) is 7.37. The fraction of sp³-hybridized carbons (Fsp3) is 1.00. The summed E-state index contributed by atoms with van der Waals surface area (Å²) in [5.74, 6) is 1.68. The van der Waals surface area contributed by atoms with Crippen LogP contribution in [0.4, 0.5) is 0 Å². The van der Waals surface area contributed by atoms with E-state index in [1.807, 2.05) is 0 Å². The summed E-state index contributed by atoms with van der Waals surface area (Å²) in [4.78, 5) is 0. The molecule has 86 valence electrons. The van der Waals surface area contributed by atoms with Crippen LogP contribution in [0.2, 0.25) is 0 Å². The van der Waals surface area contributed by atoms with Crippen molar-refractivity contribution in [3.63, 3.8) is 0 Å². The van der Waals surface area contributed by atoms with E-state index >= 15 is 0 Å². The Labute approximate surface area is 90.7 Å². The summed E-state index contributed by atoms with van der Waals surface area (Å²) < 4.78 is 0. The van der Waals surface area contributed by atoms with Crippen molar-refractivity contribution < 1.29 is 0 Å². The highest BCUT2D eigenvalue weighted by atomic mass is 14.9. The lowest BCUT2D eigenvalue weighted by Gasteiger charge is -2.23. The molecule has 0 saturated heterocycles. The van der Waals surface area contributed by atoms with Crippen LogP contribution in [0.25, 0.3) is 0 Å². The molecule has 0 aliphatic rings. The molecule has 0 aromatic carbocycles. The van der Waals surface area contributed by atoms with Gasteiger partial charge in [0.25, 0.3) is 0 Å². The maximum atomic E-state index is 3.67. The van der Waals surface area contributed by atoms with Crippen LogP contribution in [-0.2, 0) is 0 Å². The van der Waals surface area contributed by atoms with Gasteiger partial charge < -0.3 is 5.32 Å². The molecule has 0 rings (SSSR count). The number of rotatable bonds is 8. The highest BCUT2D eigenvalue weighted by Crippen LogP contribution is 2.15. The lowest BCUT2D eigenvalue weighted by molar-refractivity contribution is 0.345. The molecular weight excluding hydrogens is 170 g/mol. The minimum absolute atomic E-state index is 0.741. The van der Waals surface area contributed by atoms with Crippen molar-refractivity contribution in [2.45, 2.75) is 66.3 Å². The van der Waals surface area contributed by atoms with E-state index in [-0.39, 0.29) is 0 Å². The predicted octanol–water partition coefficient (Wildman–Crippen LogP) is 3.84. The van der Waals surface area contributed by atoms with E-state index in [0.29, 0.717) is 0 Å². The van der Waals surface area contributed by atoms with Gasteiger partial charge in [-0.25, -0.2) is 0 Å². The molecule has 0 aromatic heterocycles. The van der Waals surface area contributed by atoms with Crippen molar-refractivity contribution in [1.82, 2.24) is 5.32 Å². The highest BCUT2D eigenvalue weighted by molar-refractivity contribution is 4.71. The second kappa shape index (κ2) is 8.28.